The van der Waals surface area contributed by atoms with Crippen LogP contribution in [-0.2, 0) is 15.6 Å². The predicted molar refractivity (Wildman–Crippen MR) is 80.9 cm³/mol. The number of hydrogen-bond donors (Lipinski definition) is 0. The van der Waals surface area contributed by atoms with Crippen molar-refractivity contribution in [3.8, 4) is 5.97 Å². The molecule has 1 aromatic rings. The Labute approximate surface area is 121 Å². The molecule has 20 heavy (non-hydrogen) atoms. The van der Waals surface area contributed by atoms with E-state index in [-0.39, 0.29) is 25.0 Å². The molecule has 0 bridgehead atoms. The summed E-state index contributed by atoms with van der Waals surface area (Å²) >= 11 is 0. The highest BCUT2D eigenvalue weighted by Gasteiger charge is 2.51. The molecule has 4 nitrogen and oxygen atoms in total. The maximum atomic E-state index is 8.82. The van der Waals surface area contributed by atoms with E-state index in [9.17, 15) is 0 Å². The molecule has 1 aromatic heterocycles. The number of hydrogen-bond acceptors (Lipinski definition) is 4. The fourth-order valence-corrected chi connectivity index (χ4v) is 2.03. The first-order chi connectivity index (χ1) is 9.25. The van der Waals surface area contributed by atoms with E-state index < -0.39 is 0 Å². The molecule has 1 fully saturated rings. The van der Waals surface area contributed by atoms with Crippen molar-refractivity contribution in [2.24, 2.45) is 0 Å². The molecule has 0 aromatic carbocycles. The summed E-state index contributed by atoms with van der Waals surface area (Å²) in [5, 5.41) is 8.82. The molecular formula is C14H20B2N2O2. The molecule has 0 N–H and O–H groups in total. The van der Waals surface area contributed by atoms with Gasteiger partial charge in [0.05, 0.1) is 11.2 Å². The van der Waals surface area contributed by atoms with Gasteiger partial charge in [-0.1, -0.05) is 12.9 Å². The van der Waals surface area contributed by atoms with Crippen molar-refractivity contribution in [1.82, 2.24) is 4.98 Å². The molecule has 2 rings (SSSR count). The van der Waals surface area contributed by atoms with Gasteiger partial charge in [-0.2, -0.15) is 0 Å². The van der Waals surface area contributed by atoms with Crippen LogP contribution >= 0.6 is 0 Å². The first-order valence-electron chi connectivity index (χ1n) is 6.95. The lowest BCUT2D eigenvalue weighted by atomic mass is 9.51. The third-order valence-corrected chi connectivity index (χ3v) is 4.11. The van der Waals surface area contributed by atoms with Gasteiger partial charge in [0.25, 0.3) is 6.71 Å². The fourth-order valence-electron chi connectivity index (χ4n) is 2.03. The molecule has 0 spiro atoms. The van der Waals surface area contributed by atoms with Crippen LogP contribution in [0.2, 0.25) is 6.82 Å². The minimum Gasteiger partial charge on any atom is -0.399 e. The van der Waals surface area contributed by atoms with Crippen LogP contribution < -0.4 is 5.46 Å². The highest BCUT2D eigenvalue weighted by Crippen LogP contribution is 2.36. The van der Waals surface area contributed by atoms with E-state index in [1.807, 2.05) is 46.7 Å². The minimum atomic E-state index is -0.380. The Bertz CT molecular complexity index is 507. The molecule has 104 valence electrons. The van der Waals surface area contributed by atoms with Gasteiger partial charge in [-0.25, -0.2) is 5.26 Å². The second-order valence-corrected chi connectivity index (χ2v) is 6.41. The van der Waals surface area contributed by atoms with Crippen molar-refractivity contribution in [3.63, 3.8) is 0 Å². The summed E-state index contributed by atoms with van der Waals surface area (Å²) in [6, 6.07) is 3.91. The lowest BCUT2D eigenvalue weighted by molar-refractivity contribution is 0.00578. The van der Waals surface area contributed by atoms with Crippen LogP contribution in [0.3, 0.4) is 0 Å². The summed E-state index contributed by atoms with van der Waals surface area (Å²) in [7, 11) is -0.380. The van der Waals surface area contributed by atoms with Gasteiger partial charge < -0.3 is 9.31 Å². The molecule has 1 saturated heterocycles. The van der Waals surface area contributed by atoms with E-state index in [1.165, 1.54) is 0 Å². The highest BCUT2D eigenvalue weighted by molar-refractivity contribution is 6.65. The van der Waals surface area contributed by atoms with Gasteiger partial charge >= 0.3 is 7.12 Å². The van der Waals surface area contributed by atoms with Crippen LogP contribution in [-0.4, -0.2) is 30.0 Å². The summed E-state index contributed by atoms with van der Waals surface area (Å²) in [6.07, 6.45) is 2.45. The predicted octanol–water partition coefficient (Wildman–Crippen LogP) is 1.65. The number of aromatic nitrogens is 1. The standard InChI is InChI=1S/C14H20B2N2O2/c1-13(2)14(3,4)20-16(19-13)11-6-7-12(18-9-11)8-15(5)10-17/h6-7,9H,8H2,1-5H3. The van der Waals surface area contributed by atoms with Crippen LogP contribution in [0.1, 0.15) is 33.4 Å². The van der Waals surface area contributed by atoms with Crippen molar-refractivity contribution in [2.75, 3.05) is 0 Å². The first-order valence-corrected chi connectivity index (χ1v) is 6.95. The maximum absolute atomic E-state index is 8.82. The summed E-state index contributed by atoms with van der Waals surface area (Å²) in [5.74, 6) is 2.22. The number of rotatable bonds is 3. The van der Waals surface area contributed by atoms with E-state index in [2.05, 4.69) is 11.0 Å². The Morgan fingerprint density at radius 1 is 1.25 bits per heavy atom. The third-order valence-electron chi connectivity index (χ3n) is 4.11. The number of nitrogens with zero attached hydrogens (tertiary/aromatic N) is 2. The minimum absolute atomic E-state index is 0.0230. The molecule has 0 radical (unpaired) electrons. The normalized spacial score (nSPS) is 19.7. The second kappa shape index (κ2) is 5.23. The molecule has 0 amide bonds. The van der Waals surface area contributed by atoms with Crippen molar-refractivity contribution in [1.29, 1.82) is 5.26 Å². The maximum Gasteiger partial charge on any atom is 0.496 e. The smallest absolute Gasteiger partial charge is 0.399 e. The summed E-state index contributed by atoms with van der Waals surface area (Å²) in [5.41, 5.74) is 1.15. The molecule has 1 aliphatic heterocycles. The third kappa shape index (κ3) is 2.89. The van der Waals surface area contributed by atoms with E-state index in [1.54, 1.807) is 6.20 Å². The Kier molecular flexibility index (Phi) is 3.95. The van der Waals surface area contributed by atoms with Crippen LogP contribution in [0, 0.1) is 11.2 Å². The van der Waals surface area contributed by atoms with E-state index in [0.717, 1.165) is 11.2 Å². The molecule has 2 heterocycles. The molecule has 0 aliphatic carbocycles. The zero-order chi connectivity index (χ0) is 15.0. The zero-order valence-corrected chi connectivity index (χ0v) is 12.8. The van der Waals surface area contributed by atoms with Crippen LogP contribution in [0.5, 0.6) is 0 Å². The quantitative estimate of drug-likeness (QED) is 0.783. The van der Waals surface area contributed by atoms with E-state index in [0.29, 0.717) is 6.32 Å². The van der Waals surface area contributed by atoms with Gasteiger partial charge in [0.2, 0.25) is 0 Å². The Balaban J connectivity index is 2.11. The molecule has 0 unspecified atom stereocenters. The zero-order valence-electron chi connectivity index (χ0n) is 12.8. The average molecular weight is 270 g/mol. The van der Waals surface area contributed by atoms with Gasteiger partial charge in [-0.15, -0.1) is 0 Å². The largest absolute Gasteiger partial charge is 0.496 e. The van der Waals surface area contributed by atoms with Gasteiger partial charge in [0, 0.05) is 23.3 Å². The molecule has 1 aliphatic rings. The Hall–Kier alpha value is -1.31. The SMILES string of the molecule is CB(C#N)Cc1ccc(B2OC(C)(C)C(C)(C)O2)cn1. The van der Waals surface area contributed by atoms with E-state index >= 15 is 0 Å². The number of nitriles is 1. The van der Waals surface area contributed by atoms with Crippen molar-refractivity contribution in [3.05, 3.63) is 24.0 Å². The van der Waals surface area contributed by atoms with Crippen LogP contribution in [0.4, 0.5) is 0 Å². The fraction of sp³-hybridized carbons (Fsp3) is 0.571. The summed E-state index contributed by atoms with van der Waals surface area (Å²) < 4.78 is 12.0. The molecule has 0 saturated carbocycles. The summed E-state index contributed by atoms with van der Waals surface area (Å²) in [4.78, 5) is 4.40. The first kappa shape index (κ1) is 15.1. The molecule has 0 atom stereocenters. The number of pyridine rings is 1. The van der Waals surface area contributed by atoms with Gasteiger partial charge in [-0.3, -0.25) is 4.98 Å². The highest BCUT2D eigenvalue weighted by atomic mass is 16.7. The summed E-state index contributed by atoms with van der Waals surface area (Å²) in [6.45, 7) is 9.99. The van der Waals surface area contributed by atoms with Gasteiger partial charge in [0.15, 0.2) is 0 Å². The van der Waals surface area contributed by atoms with E-state index in [4.69, 9.17) is 14.6 Å². The van der Waals surface area contributed by atoms with Gasteiger partial charge in [-0.05, 0) is 40.1 Å². The van der Waals surface area contributed by atoms with Crippen LogP contribution in [0.15, 0.2) is 18.3 Å². The van der Waals surface area contributed by atoms with Crippen LogP contribution in [0.25, 0.3) is 0 Å². The second-order valence-electron chi connectivity index (χ2n) is 6.41. The lowest BCUT2D eigenvalue weighted by Gasteiger charge is -2.32. The monoisotopic (exact) mass is 270 g/mol. The Morgan fingerprint density at radius 2 is 1.85 bits per heavy atom. The average Bonchev–Trinajstić information content (AvgIpc) is 2.59. The van der Waals surface area contributed by atoms with Crippen molar-refractivity contribution < 1.29 is 9.31 Å². The van der Waals surface area contributed by atoms with Crippen molar-refractivity contribution in [2.45, 2.75) is 52.0 Å². The lowest BCUT2D eigenvalue weighted by Crippen LogP contribution is -2.41. The van der Waals surface area contributed by atoms with Crippen molar-refractivity contribution >= 4 is 19.3 Å². The Morgan fingerprint density at radius 3 is 2.30 bits per heavy atom. The molecular weight excluding hydrogens is 250 g/mol. The van der Waals surface area contributed by atoms with Gasteiger partial charge in [0.1, 0.15) is 0 Å². The molecule has 6 heteroatoms. The topological polar surface area (TPSA) is 55.1 Å².